The maximum absolute atomic E-state index is 11.6. The molecule has 0 spiro atoms. The smallest absolute Gasteiger partial charge is 0.220 e. The van der Waals surface area contributed by atoms with E-state index in [0.29, 0.717) is 18.5 Å². The second-order valence-electron chi connectivity index (χ2n) is 9.12. The van der Waals surface area contributed by atoms with Crippen molar-refractivity contribution >= 4 is 16.8 Å². The molecule has 0 radical (unpaired) electrons. The number of hydrogen-bond donors (Lipinski definition) is 1. The number of likely N-dealkylation sites (tertiary alicyclic amines) is 1. The van der Waals surface area contributed by atoms with Crippen molar-refractivity contribution in [2.24, 2.45) is 0 Å². The van der Waals surface area contributed by atoms with Gasteiger partial charge in [0.2, 0.25) is 5.91 Å². The third-order valence-corrected chi connectivity index (χ3v) is 7.07. The number of benzene rings is 1. The standard InChI is InChI=1S/C24H33N3O2/c28-24-10-3-5-18(25-24)17-26-14-11-20(12-15-26)29-23-9-4-8-22-21(23)13-16-27(22)19-6-1-2-7-19/h4,8-9,13,16,18-20H,1-3,5-7,10-12,14-15,17H2,(H,25,28). The Labute approximate surface area is 173 Å². The lowest BCUT2D eigenvalue weighted by molar-refractivity contribution is -0.123. The number of rotatable bonds is 5. The topological polar surface area (TPSA) is 46.5 Å². The minimum atomic E-state index is 0.220. The molecular formula is C24H33N3O2. The fraction of sp³-hybridized carbons (Fsp3) is 0.625. The van der Waals surface area contributed by atoms with Crippen molar-refractivity contribution in [1.29, 1.82) is 0 Å². The van der Waals surface area contributed by atoms with Gasteiger partial charge in [0.05, 0.1) is 5.52 Å². The Morgan fingerprint density at radius 2 is 1.83 bits per heavy atom. The first-order chi connectivity index (χ1) is 14.3. The zero-order valence-corrected chi connectivity index (χ0v) is 17.3. The molecule has 1 amide bonds. The van der Waals surface area contributed by atoms with Crippen LogP contribution in [0, 0.1) is 0 Å². The van der Waals surface area contributed by atoms with E-state index in [-0.39, 0.29) is 12.0 Å². The number of carbonyl (C=O) groups excluding carboxylic acids is 1. The number of nitrogens with one attached hydrogen (secondary N) is 1. The highest BCUT2D eigenvalue weighted by molar-refractivity contribution is 5.86. The van der Waals surface area contributed by atoms with Gasteiger partial charge < -0.3 is 19.5 Å². The van der Waals surface area contributed by atoms with E-state index in [0.717, 1.165) is 51.1 Å². The third kappa shape index (κ3) is 4.16. The summed E-state index contributed by atoms with van der Waals surface area (Å²) in [6.45, 7) is 3.09. The largest absolute Gasteiger partial charge is 0.490 e. The van der Waals surface area contributed by atoms with Gasteiger partial charge in [-0.25, -0.2) is 0 Å². The van der Waals surface area contributed by atoms with Crippen LogP contribution in [-0.2, 0) is 4.79 Å². The van der Waals surface area contributed by atoms with Gasteiger partial charge >= 0.3 is 0 Å². The van der Waals surface area contributed by atoms with E-state index in [1.54, 1.807) is 0 Å². The van der Waals surface area contributed by atoms with Crippen LogP contribution < -0.4 is 10.1 Å². The third-order valence-electron chi connectivity index (χ3n) is 7.07. The van der Waals surface area contributed by atoms with Crippen molar-refractivity contribution in [3.63, 3.8) is 0 Å². The molecule has 0 bridgehead atoms. The van der Waals surface area contributed by atoms with Gasteiger partial charge in [-0.1, -0.05) is 18.9 Å². The number of carbonyl (C=O) groups is 1. The Morgan fingerprint density at radius 3 is 2.62 bits per heavy atom. The first kappa shape index (κ1) is 19.0. The fourth-order valence-electron chi connectivity index (χ4n) is 5.48. The second-order valence-corrected chi connectivity index (χ2v) is 9.12. The molecule has 1 saturated carbocycles. The zero-order chi connectivity index (χ0) is 19.6. The molecule has 156 valence electrons. The van der Waals surface area contributed by atoms with Crippen LogP contribution in [0.3, 0.4) is 0 Å². The molecule has 2 aliphatic heterocycles. The first-order valence-electron chi connectivity index (χ1n) is 11.5. The highest BCUT2D eigenvalue weighted by atomic mass is 16.5. The minimum absolute atomic E-state index is 0.220. The van der Waals surface area contributed by atoms with Gasteiger partial charge in [0, 0.05) is 49.7 Å². The highest BCUT2D eigenvalue weighted by Crippen LogP contribution is 2.36. The summed E-state index contributed by atoms with van der Waals surface area (Å²) in [5, 5.41) is 4.40. The molecule has 3 fully saturated rings. The maximum Gasteiger partial charge on any atom is 0.220 e. The number of amides is 1. The molecule has 5 rings (SSSR count). The second kappa shape index (κ2) is 8.39. The zero-order valence-electron chi connectivity index (χ0n) is 17.3. The summed E-state index contributed by atoms with van der Waals surface area (Å²) in [6, 6.07) is 9.74. The van der Waals surface area contributed by atoms with Crippen LogP contribution in [0.1, 0.15) is 63.8 Å². The Bertz CT molecular complexity index is 847. The van der Waals surface area contributed by atoms with Crippen LogP contribution in [0.2, 0.25) is 0 Å². The van der Waals surface area contributed by atoms with Gasteiger partial charge in [0.15, 0.2) is 0 Å². The molecule has 1 atom stereocenters. The molecule has 2 saturated heterocycles. The van der Waals surface area contributed by atoms with Crippen molar-refractivity contribution in [3.05, 3.63) is 30.5 Å². The van der Waals surface area contributed by atoms with Gasteiger partial charge in [-0.3, -0.25) is 4.79 Å². The van der Waals surface area contributed by atoms with Gasteiger partial charge in [0.1, 0.15) is 11.9 Å². The predicted molar refractivity (Wildman–Crippen MR) is 115 cm³/mol. The van der Waals surface area contributed by atoms with Crippen molar-refractivity contribution in [2.45, 2.75) is 76.0 Å². The average Bonchev–Trinajstić information content (AvgIpc) is 3.39. The number of ether oxygens (including phenoxy) is 1. The van der Waals surface area contributed by atoms with E-state index in [2.05, 4.69) is 45.2 Å². The summed E-state index contributed by atoms with van der Waals surface area (Å²) < 4.78 is 8.96. The molecule has 1 aromatic carbocycles. The molecule has 1 aromatic heterocycles. The number of fused-ring (bicyclic) bond motifs is 1. The molecule has 1 unspecified atom stereocenters. The molecule has 1 aliphatic carbocycles. The minimum Gasteiger partial charge on any atom is -0.490 e. The Hall–Kier alpha value is -2.01. The molecule has 2 aromatic rings. The predicted octanol–water partition coefficient (Wildman–Crippen LogP) is 4.27. The van der Waals surface area contributed by atoms with Gasteiger partial charge in [-0.15, -0.1) is 0 Å². The average molecular weight is 396 g/mol. The summed E-state index contributed by atoms with van der Waals surface area (Å²) in [5.41, 5.74) is 1.32. The fourth-order valence-corrected chi connectivity index (χ4v) is 5.48. The Kier molecular flexibility index (Phi) is 5.49. The van der Waals surface area contributed by atoms with E-state index in [4.69, 9.17) is 4.74 Å². The molecule has 29 heavy (non-hydrogen) atoms. The monoisotopic (exact) mass is 395 g/mol. The molecular weight excluding hydrogens is 362 g/mol. The molecule has 5 nitrogen and oxygen atoms in total. The molecule has 1 N–H and O–H groups in total. The van der Waals surface area contributed by atoms with Crippen molar-refractivity contribution in [2.75, 3.05) is 19.6 Å². The van der Waals surface area contributed by atoms with Gasteiger partial charge in [0.25, 0.3) is 0 Å². The summed E-state index contributed by atoms with van der Waals surface area (Å²) in [4.78, 5) is 14.1. The van der Waals surface area contributed by atoms with Crippen LogP contribution in [-0.4, -0.2) is 47.2 Å². The lowest BCUT2D eigenvalue weighted by Gasteiger charge is -2.35. The van der Waals surface area contributed by atoms with Crippen LogP contribution in [0.5, 0.6) is 5.75 Å². The first-order valence-corrected chi connectivity index (χ1v) is 11.5. The normalized spacial score (nSPS) is 24.8. The van der Waals surface area contributed by atoms with E-state index >= 15 is 0 Å². The van der Waals surface area contributed by atoms with Crippen LogP contribution in [0.4, 0.5) is 0 Å². The van der Waals surface area contributed by atoms with E-state index in [1.165, 1.54) is 36.6 Å². The lowest BCUT2D eigenvalue weighted by atomic mass is 10.0. The number of aromatic nitrogens is 1. The van der Waals surface area contributed by atoms with Crippen LogP contribution in [0.15, 0.2) is 30.5 Å². The molecule has 3 aliphatic rings. The van der Waals surface area contributed by atoms with Crippen molar-refractivity contribution in [3.8, 4) is 5.75 Å². The Morgan fingerprint density at radius 1 is 1.00 bits per heavy atom. The summed E-state index contributed by atoms with van der Waals surface area (Å²) >= 11 is 0. The van der Waals surface area contributed by atoms with Crippen molar-refractivity contribution < 1.29 is 9.53 Å². The summed E-state index contributed by atoms with van der Waals surface area (Å²) in [7, 11) is 0. The van der Waals surface area contributed by atoms with Gasteiger partial charge in [-0.05, 0) is 56.7 Å². The quantitative estimate of drug-likeness (QED) is 0.822. The van der Waals surface area contributed by atoms with E-state index < -0.39 is 0 Å². The highest BCUT2D eigenvalue weighted by Gasteiger charge is 2.26. The Balaban J connectivity index is 1.19. The number of hydrogen-bond acceptors (Lipinski definition) is 3. The summed E-state index contributed by atoms with van der Waals surface area (Å²) in [5.74, 6) is 1.26. The van der Waals surface area contributed by atoms with Crippen LogP contribution >= 0.6 is 0 Å². The molecule has 5 heteroatoms. The number of nitrogens with zero attached hydrogens (tertiary/aromatic N) is 2. The SMILES string of the molecule is O=C1CCCC(CN2CCC(Oc3cccc4c3ccn4C3CCCC3)CC2)N1. The van der Waals surface area contributed by atoms with Gasteiger partial charge in [-0.2, -0.15) is 0 Å². The molecule has 3 heterocycles. The summed E-state index contributed by atoms with van der Waals surface area (Å²) in [6.07, 6.45) is 12.8. The number of piperidine rings is 2. The lowest BCUT2D eigenvalue weighted by Crippen LogP contribution is -2.49. The maximum atomic E-state index is 11.6. The van der Waals surface area contributed by atoms with Crippen molar-refractivity contribution in [1.82, 2.24) is 14.8 Å². The van der Waals surface area contributed by atoms with E-state index in [1.807, 2.05) is 0 Å². The van der Waals surface area contributed by atoms with E-state index in [9.17, 15) is 4.79 Å². The van der Waals surface area contributed by atoms with Crippen LogP contribution in [0.25, 0.3) is 10.9 Å².